The first-order valence-corrected chi connectivity index (χ1v) is 11.0. The van der Waals surface area contributed by atoms with E-state index in [9.17, 15) is 31.2 Å². The Balaban J connectivity index is 1.65. The molecular formula is C18H23F3N4O4S. The molecule has 0 radical (unpaired) electrons. The molecule has 3 rings (SSSR count). The molecule has 2 heterocycles. The zero-order chi connectivity index (χ0) is 22.1. The van der Waals surface area contributed by atoms with Gasteiger partial charge in [0.25, 0.3) is 0 Å². The number of amides is 3. The van der Waals surface area contributed by atoms with E-state index in [2.05, 4.69) is 0 Å². The van der Waals surface area contributed by atoms with Crippen LogP contribution in [0.4, 0.5) is 18.0 Å². The molecule has 8 nitrogen and oxygen atoms in total. The van der Waals surface area contributed by atoms with Gasteiger partial charge in [0.2, 0.25) is 15.9 Å². The zero-order valence-corrected chi connectivity index (χ0v) is 17.0. The lowest BCUT2D eigenvalue weighted by atomic mass is 9.95. The number of carbonyl (C=O) groups is 2. The highest BCUT2D eigenvalue weighted by molar-refractivity contribution is 7.89. The van der Waals surface area contributed by atoms with E-state index < -0.39 is 32.7 Å². The summed E-state index contributed by atoms with van der Waals surface area (Å²) in [4.78, 5) is 26.1. The number of carbonyl (C=O) groups excluding carboxylic acids is 2. The van der Waals surface area contributed by atoms with Gasteiger partial charge in [-0.3, -0.25) is 4.79 Å². The number of nitrogens with zero attached hydrogens (tertiary/aromatic N) is 3. The van der Waals surface area contributed by atoms with Crippen molar-refractivity contribution in [2.75, 3.05) is 39.3 Å². The van der Waals surface area contributed by atoms with E-state index in [0.717, 1.165) is 22.5 Å². The summed E-state index contributed by atoms with van der Waals surface area (Å²) in [6.45, 7) is 0.800. The third kappa shape index (κ3) is 4.53. The van der Waals surface area contributed by atoms with Crippen LogP contribution in [-0.2, 0) is 21.0 Å². The van der Waals surface area contributed by atoms with Crippen LogP contribution in [0, 0.1) is 5.92 Å². The summed E-state index contributed by atoms with van der Waals surface area (Å²) >= 11 is 0. The summed E-state index contributed by atoms with van der Waals surface area (Å²) in [5.41, 5.74) is 4.03. The zero-order valence-electron chi connectivity index (χ0n) is 16.1. The fraction of sp³-hybridized carbons (Fsp3) is 0.556. The Kier molecular flexibility index (Phi) is 6.27. The van der Waals surface area contributed by atoms with Gasteiger partial charge in [-0.15, -0.1) is 0 Å². The first kappa shape index (κ1) is 22.3. The number of rotatable bonds is 3. The lowest BCUT2D eigenvalue weighted by Gasteiger charge is -2.38. The van der Waals surface area contributed by atoms with Crippen molar-refractivity contribution in [1.29, 1.82) is 0 Å². The van der Waals surface area contributed by atoms with Gasteiger partial charge in [-0.1, -0.05) is 12.1 Å². The van der Waals surface area contributed by atoms with Crippen molar-refractivity contribution >= 4 is 22.0 Å². The fourth-order valence-electron chi connectivity index (χ4n) is 3.82. The molecule has 2 N–H and O–H groups in total. The average molecular weight is 448 g/mol. The quantitative estimate of drug-likeness (QED) is 0.753. The van der Waals surface area contributed by atoms with E-state index in [-0.39, 0.29) is 38.0 Å². The summed E-state index contributed by atoms with van der Waals surface area (Å²) < 4.78 is 66.3. The Morgan fingerprint density at radius 1 is 0.933 bits per heavy atom. The van der Waals surface area contributed by atoms with Gasteiger partial charge in [0, 0.05) is 45.2 Å². The van der Waals surface area contributed by atoms with E-state index in [1.807, 2.05) is 0 Å². The number of likely N-dealkylation sites (tertiary alicyclic amines) is 1. The number of primary amides is 1. The van der Waals surface area contributed by atoms with Crippen molar-refractivity contribution in [3.05, 3.63) is 29.8 Å². The molecule has 1 aromatic rings. The number of urea groups is 1. The number of piperidine rings is 1. The third-order valence-corrected chi connectivity index (χ3v) is 7.47. The molecular weight excluding hydrogens is 425 g/mol. The van der Waals surface area contributed by atoms with Gasteiger partial charge in [0.1, 0.15) is 0 Å². The molecule has 12 heteroatoms. The molecule has 0 spiro atoms. The average Bonchev–Trinajstić information content (AvgIpc) is 2.73. The molecule has 1 aromatic carbocycles. The van der Waals surface area contributed by atoms with Crippen LogP contribution in [0.15, 0.2) is 29.2 Å². The van der Waals surface area contributed by atoms with Crippen LogP contribution >= 0.6 is 0 Å². The number of halogens is 3. The Morgan fingerprint density at radius 2 is 1.50 bits per heavy atom. The second-order valence-electron chi connectivity index (χ2n) is 7.32. The first-order valence-electron chi connectivity index (χ1n) is 9.51. The summed E-state index contributed by atoms with van der Waals surface area (Å²) in [6, 6.07) is 3.55. The molecule has 2 aliphatic rings. The Morgan fingerprint density at radius 3 is 2.03 bits per heavy atom. The first-order chi connectivity index (χ1) is 14.0. The van der Waals surface area contributed by atoms with Crippen LogP contribution in [-0.4, -0.2) is 73.7 Å². The Hall–Kier alpha value is -2.34. The van der Waals surface area contributed by atoms with E-state index in [4.69, 9.17) is 5.73 Å². The molecule has 0 aromatic heterocycles. The number of nitrogens with two attached hydrogens (primary N) is 1. The number of piperazine rings is 1. The lowest BCUT2D eigenvalue weighted by molar-refractivity contribution is -0.140. The summed E-state index contributed by atoms with van der Waals surface area (Å²) in [7, 11) is -4.35. The molecule has 0 unspecified atom stereocenters. The van der Waals surface area contributed by atoms with Crippen LogP contribution in [0.3, 0.4) is 0 Å². The lowest BCUT2D eigenvalue weighted by Crippen LogP contribution is -2.53. The highest BCUT2D eigenvalue weighted by Crippen LogP contribution is 2.35. The monoisotopic (exact) mass is 448 g/mol. The van der Waals surface area contributed by atoms with Crippen molar-refractivity contribution in [1.82, 2.24) is 14.1 Å². The van der Waals surface area contributed by atoms with Crippen molar-refractivity contribution < 1.29 is 31.2 Å². The standard InChI is InChI=1S/C18H23F3N4O4S/c19-18(20,21)14-3-1-2-4-15(14)30(28,29)25-11-9-23(10-12-25)16(26)13-5-7-24(8-6-13)17(22)27/h1-4,13H,5-12H2,(H2,22,27). The van der Waals surface area contributed by atoms with Crippen LogP contribution in [0.5, 0.6) is 0 Å². The normalized spacial score (nSPS) is 19.7. The topological polar surface area (TPSA) is 104 Å². The van der Waals surface area contributed by atoms with Gasteiger partial charge in [-0.2, -0.15) is 17.5 Å². The minimum atomic E-state index is -4.79. The molecule has 0 aliphatic carbocycles. The second kappa shape index (κ2) is 8.42. The number of benzene rings is 1. The molecule has 2 saturated heterocycles. The Bertz CT molecular complexity index is 906. The van der Waals surface area contributed by atoms with Gasteiger partial charge in [0.05, 0.1) is 10.5 Å². The number of hydrogen-bond donors (Lipinski definition) is 1. The van der Waals surface area contributed by atoms with Crippen molar-refractivity contribution in [3.8, 4) is 0 Å². The maximum atomic E-state index is 13.2. The second-order valence-corrected chi connectivity index (χ2v) is 9.23. The predicted molar refractivity (Wildman–Crippen MR) is 101 cm³/mol. The fourth-order valence-corrected chi connectivity index (χ4v) is 5.45. The summed E-state index contributed by atoms with van der Waals surface area (Å²) in [6.07, 6.45) is -3.85. The van der Waals surface area contributed by atoms with Gasteiger partial charge in [-0.05, 0) is 25.0 Å². The Labute approximate surface area is 172 Å². The number of sulfonamides is 1. The molecule has 0 bridgehead atoms. The van der Waals surface area contributed by atoms with Gasteiger partial charge >= 0.3 is 12.2 Å². The van der Waals surface area contributed by atoms with Gasteiger partial charge < -0.3 is 15.5 Å². The number of alkyl halides is 3. The van der Waals surface area contributed by atoms with Crippen molar-refractivity contribution in [2.45, 2.75) is 23.9 Å². The molecule has 2 aliphatic heterocycles. The molecule has 0 atom stereocenters. The minimum Gasteiger partial charge on any atom is -0.351 e. The molecule has 2 fully saturated rings. The van der Waals surface area contributed by atoms with Gasteiger partial charge in [0.15, 0.2) is 0 Å². The van der Waals surface area contributed by atoms with E-state index in [0.29, 0.717) is 25.9 Å². The minimum absolute atomic E-state index is 0.0829. The van der Waals surface area contributed by atoms with Crippen LogP contribution in [0.2, 0.25) is 0 Å². The predicted octanol–water partition coefficient (Wildman–Crippen LogP) is 1.33. The van der Waals surface area contributed by atoms with E-state index >= 15 is 0 Å². The summed E-state index contributed by atoms with van der Waals surface area (Å²) in [5, 5.41) is 0. The van der Waals surface area contributed by atoms with Crippen molar-refractivity contribution in [2.24, 2.45) is 11.7 Å². The maximum absolute atomic E-state index is 13.2. The molecule has 30 heavy (non-hydrogen) atoms. The molecule has 3 amide bonds. The highest BCUT2D eigenvalue weighted by Gasteiger charge is 2.40. The van der Waals surface area contributed by atoms with Crippen LogP contribution < -0.4 is 5.73 Å². The van der Waals surface area contributed by atoms with Crippen LogP contribution in [0.25, 0.3) is 0 Å². The highest BCUT2D eigenvalue weighted by atomic mass is 32.2. The van der Waals surface area contributed by atoms with Crippen LogP contribution in [0.1, 0.15) is 18.4 Å². The largest absolute Gasteiger partial charge is 0.417 e. The third-order valence-electron chi connectivity index (χ3n) is 5.52. The molecule has 0 saturated carbocycles. The SMILES string of the molecule is NC(=O)N1CCC(C(=O)N2CCN(S(=O)(=O)c3ccccc3C(F)(F)F)CC2)CC1. The van der Waals surface area contributed by atoms with E-state index in [1.165, 1.54) is 15.9 Å². The van der Waals surface area contributed by atoms with Gasteiger partial charge in [-0.25, -0.2) is 13.2 Å². The van der Waals surface area contributed by atoms with Crippen molar-refractivity contribution in [3.63, 3.8) is 0 Å². The smallest absolute Gasteiger partial charge is 0.351 e. The number of hydrogen-bond acceptors (Lipinski definition) is 4. The maximum Gasteiger partial charge on any atom is 0.417 e. The summed E-state index contributed by atoms with van der Waals surface area (Å²) in [5.74, 6) is -0.415. The molecule has 166 valence electrons. The van der Waals surface area contributed by atoms with E-state index in [1.54, 1.807) is 0 Å².